The molecule has 0 N–H and O–H groups in total. The van der Waals surface area contributed by atoms with Gasteiger partial charge in [0.1, 0.15) is 17.6 Å². The molecule has 0 saturated heterocycles. The first-order chi connectivity index (χ1) is 6.84. The lowest BCUT2D eigenvalue weighted by atomic mass is 10.4. The molecule has 0 radical (unpaired) electrons. The highest BCUT2D eigenvalue weighted by Crippen LogP contribution is 2.19. The lowest BCUT2D eigenvalue weighted by molar-refractivity contribution is 0.0830. The summed E-state index contributed by atoms with van der Waals surface area (Å²) in [6.45, 7) is 2.14. The van der Waals surface area contributed by atoms with Gasteiger partial charge in [0.05, 0.1) is 12.1 Å². The Labute approximate surface area is 85.5 Å². The third-order valence-corrected chi connectivity index (χ3v) is 2.56. The molecular weight excluding hydrogens is 202 g/mol. The molecule has 0 unspecified atom stereocenters. The predicted octanol–water partition coefficient (Wildman–Crippen LogP) is 1.61. The summed E-state index contributed by atoms with van der Waals surface area (Å²) in [4.78, 5) is 8.52. The van der Waals surface area contributed by atoms with E-state index in [4.69, 9.17) is 16.3 Å². The Morgan fingerprint density at radius 3 is 3.21 bits per heavy atom. The number of halogens is 1. The maximum atomic E-state index is 5.79. The topological polar surface area (TPSA) is 39.9 Å². The molecule has 1 aliphatic heterocycles. The zero-order valence-electron chi connectivity index (χ0n) is 7.40. The normalized spacial score (nSPS) is 15.8. The van der Waals surface area contributed by atoms with E-state index in [-0.39, 0.29) is 0 Å². The van der Waals surface area contributed by atoms with Crippen molar-refractivity contribution >= 4 is 22.8 Å². The molecule has 14 heavy (non-hydrogen) atoms. The molecule has 0 aliphatic carbocycles. The second kappa shape index (κ2) is 2.93. The van der Waals surface area contributed by atoms with Gasteiger partial charge in [-0.15, -0.1) is 0 Å². The summed E-state index contributed by atoms with van der Waals surface area (Å²) in [5.74, 6) is 0.931. The summed E-state index contributed by atoms with van der Waals surface area (Å²) in [7, 11) is 0. The Morgan fingerprint density at radius 1 is 1.36 bits per heavy atom. The second-order valence-corrected chi connectivity index (χ2v) is 3.60. The quantitative estimate of drug-likeness (QED) is 0.619. The molecule has 0 atom stereocenters. The number of fused-ring (bicyclic) bond motifs is 3. The number of rotatable bonds is 0. The Morgan fingerprint density at radius 2 is 2.29 bits per heavy atom. The van der Waals surface area contributed by atoms with E-state index in [2.05, 4.69) is 14.5 Å². The minimum atomic E-state index is 0.480. The monoisotopic (exact) mass is 209 g/mol. The van der Waals surface area contributed by atoms with Crippen molar-refractivity contribution in [3.8, 4) is 0 Å². The van der Waals surface area contributed by atoms with Crippen molar-refractivity contribution in [2.75, 3.05) is 6.61 Å². The maximum Gasteiger partial charge on any atom is 0.179 e. The van der Waals surface area contributed by atoms with Crippen LogP contribution < -0.4 is 0 Å². The molecule has 3 rings (SSSR count). The number of hydrogen-bond donors (Lipinski definition) is 0. The van der Waals surface area contributed by atoms with Crippen molar-refractivity contribution in [3.63, 3.8) is 0 Å². The van der Waals surface area contributed by atoms with E-state index in [1.165, 1.54) is 0 Å². The third-order valence-electron chi connectivity index (χ3n) is 2.35. The minimum absolute atomic E-state index is 0.480. The predicted molar refractivity (Wildman–Crippen MR) is 52.2 cm³/mol. The van der Waals surface area contributed by atoms with Gasteiger partial charge in [0.15, 0.2) is 5.65 Å². The molecule has 4 nitrogen and oxygen atoms in total. The number of pyridine rings is 1. The van der Waals surface area contributed by atoms with Gasteiger partial charge in [0, 0.05) is 6.54 Å². The van der Waals surface area contributed by atoms with Crippen LogP contribution in [-0.2, 0) is 17.9 Å². The van der Waals surface area contributed by atoms with Crippen LogP contribution in [0.1, 0.15) is 5.82 Å². The van der Waals surface area contributed by atoms with Gasteiger partial charge in [-0.05, 0) is 12.1 Å². The van der Waals surface area contributed by atoms with Gasteiger partial charge >= 0.3 is 0 Å². The molecular formula is C9H8ClN3O. The smallest absolute Gasteiger partial charge is 0.179 e. The number of nitrogens with zero attached hydrogens (tertiary/aromatic N) is 3. The van der Waals surface area contributed by atoms with Crippen LogP contribution >= 0.6 is 11.6 Å². The molecule has 5 heteroatoms. The van der Waals surface area contributed by atoms with Gasteiger partial charge in [-0.2, -0.15) is 0 Å². The van der Waals surface area contributed by atoms with Crippen molar-refractivity contribution in [2.45, 2.75) is 13.2 Å². The van der Waals surface area contributed by atoms with Crippen molar-refractivity contribution in [3.05, 3.63) is 23.1 Å². The van der Waals surface area contributed by atoms with Crippen molar-refractivity contribution in [1.29, 1.82) is 0 Å². The summed E-state index contributed by atoms with van der Waals surface area (Å²) in [5, 5.41) is 0.480. The SMILES string of the molecule is Clc1ccc2c(n1)nc1n2CCOC1. The highest BCUT2D eigenvalue weighted by Gasteiger charge is 2.15. The molecule has 0 fully saturated rings. The summed E-state index contributed by atoms with van der Waals surface area (Å²) in [6.07, 6.45) is 0. The Hall–Kier alpha value is -1.13. The maximum absolute atomic E-state index is 5.79. The number of hydrogen-bond acceptors (Lipinski definition) is 3. The molecule has 0 amide bonds. The highest BCUT2D eigenvalue weighted by molar-refractivity contribution is 6.29. The minimum Gasteiger partial charge on any atom is -0.372 e. The van der Waals surface area contributed by atoms with Gasteiger partial charge in [0.2, 0.25) is 0 Å². The fraction of sp³-hybridized carbons (Fsp3) is 0.333. The first kappa shape index (κ1) is 8.20. The second-order valence-electron chi connectivity index (χ2n) is 3.21. The van der Waals surface area contributed by atoms with E-state index in [0.717, 1.165) is 24.5 Å². The third kappa shape index (κ3) is 1.11. The van der Waals surface area contributed by atoms with E-state index in [1.54, 1.807) is 6.07 Å². The van der Waals surface area contributed by atoms with Crippen LogP contribution in [0.2, 0.25) is 5.15 Å². The number of aromatic nitrogens is 3. The van der Waals surface area contributed by atoms with E-state index >= 15 is 0 Å². The van der Waals surface area contributed by atoms with Gasteiger partial charge in [-0.25, -0.2) is 9.97 Å². The lowest BCUT2D eigenvalue weighted by Crippen LogP contribution is -2.16. The van der Waals surface area contributed by atoms with Crippen LogP contribution in [0, 0.1) is 0 Å². The van der Waals surface area contributed by atoms with Crippen LogP contribution in [0.15, 0.2) is 12.1 Å². The summed E-state index contributed by atoms with van der Waals surface area (Å²) < 4.78 is 7.44. The first-order valence-electron chi connectivity index (χ1n) is 4.44. The molecule has 0 saturated carbocycles. The highest BCUT2D eigenvalue weighted by atomic mass is 35.5. The van der Waals surface area contributed by atoms with Crippen molar-refractivity contribution in [2.24, 2.45) is 0 Å². The van der Waals surface area contributed by atoms with Crippen LogP contribution in [0.5, 0.6) is 0 Å². The largest absolute Gasteiger partial charge is 0.372 e. The summed E-state index contributed by atoms with van der Waals surface area (Å²) in [6, 6.07) is 3.74. The average molecular weight is 210 g/mol. The van der Waals surface area contributed by atoms with Crippen LogP contribution in [0.4, 0.5) is 0 Å². The van der Waals surface area contributed by atoms with Crippen LogP contribution in [0.25, 0.3) is 11.2 Å². The molecule has 0 spiro atoms. The van der Waals surface area contributed by atoms with E-state index in [9.17, 15) is 0 Å². The van der Waals surface area contributed by atoms with Crippen LogP contribution in [0.3, 0.4) is 0 Å². The zero-order valence-corrected chi connectivity index (χ0v) is 8.16. The van der Waals surface area contributed by atoms with E-state index in [0.29, 0.717) is 17.4 Å². The lowest BCUT2D eigenvalue weighted by Gasteiger charge is -2.14. The van der Waals surface area contributed by atoms with Gasteiger partial charge < -0.3 is 9.30 Å². The fourth-order valence-corrected chi connectivity index (χ4v) is 1.85. The fourth-order valence-electron chi connectivity index (χ4n) is 1.71. The van der Waals surface area contributed by atoms with Gasteiger partial charge in [0.25, 0.3) is 0 Å². The molecule has 2 aromatic rings. The summed E-state index contributed by atoms with van der Waals surface area (Å²) >= 11 is 5.79. The van der Waals surface area contributed by atoms with E-state index < -0.39 is 0 Å². The van der Waals surface area contributed by atoms with Gasteiger partial charge in [-0.3, -0.25) is 0 Å². The van der Waals surface area contributed by atoms with Crippen LogP contribution in [-0.4, -0.2) is 21.1 Å². The standard InChI is InChI=1S/C9H8ClN3O/c10-7-2-1-6-9(11-7)12-8-5-14-4-3-13(6)8/h1-2H,3-5H2. The Bertz CT molecular complexity index is 494. The molecule has 0 bridgehead atoms. The van der Waals surface area contributed by atoms with E-state index in [1.807, 2.05) is 6.07 Å². The van der Waals surface area contributed by atoms with Crippen molar-refractivity contribution in [1.82, 2.24) is 14.5 Å². The Balaban J connectivity index is 2.31. The average Bonchev–Trinajstić information content (AvgIpc) is 2.54. The molecule has 72 valence electrons. The van der Waals surface area contributed by atoms with Crippen molar-refractivity contribution < 1.29 is 4.74 Å². The Kier molecular flexibility index (Phi) is 1.72. The zero-order chi connectivity index (χ0) is 9.54. The molecule has 3 heterocycles. The molecule has 0 aromatic carbocycles. The molecule has 2 aromatic heterocycles. The number of imidazole rings is 1. The summed E-state index contributed by atoms with van der Waals surface area (Å²) in [5.41, 5.74) is 1.74. The van der Waals surface area contributed by atoms with Gasteiger partial charge in [-0.1, -0.05) is 11.6 Å². The molecule has 1 aliphatic rings. The number of ether oxygens (including phenoxy) is 1. The first-order valence-corrected chi connectivity index (χ1v) is 4.82.